The normalized spacial score (nSPS) is 33.2. The zero-order valence-electron chi connectivity index (χ0n) is 22.0. The second-order valence-corrected chi connectivity index (χ2v) is 14.9. The monoisotopic (exact) mass is 534 g/mol. The van der Waals surface area contributed by atoms with Crippen LogP contribution >= 0.6 is 18.9 Å². The molecule has 2 aliphatic heterocycles. The van der Waals surface area contributed by atoms with Gasteiger partial charge in [-0.3, -0.25) is 14.3 Å². The van der Waals surface area contributed by atoms with Gasteiger partial charge in [-0.15, -0.1) is 0 Å². The second-order valence-electron chi connectivity index (χ2n) is 11.1. The molecule has 2 aromatic rings. The van der Waals surface area contributed by atoms with Crippen LogP contribution in [0.2, 0.25) is 0 Å². The Hall–Kier alpha value is -1.45. The first-order valence-electron chi connectivity index (χ1n) is 13.1. The standard InChI is InChI=1S/C25H39N6O3PS/c1-7-18-12-30(35-34-19-10-17(16(4)5)8-9-25(19,6)36-35)13-20(33-18)31-14-27-21-22(31)28-24(29-23(21)32)26-11-15(2)3/h14-15,17-20H,4,7-13H2,1-3,5-6H3,(H2,26,28,29,32)/t17-,18-,19+,20-,25+,35+/m1/s1. The number of aromatic amines is 1. The summed E-state index contributed by atoms with van der Waals surface area (Å²) in [6.45, 7) is 17.4. The molecule has 3 aliphatic rings. The van der Waals surface area contributed by atoms with E-state index in [1.54, 1.807) is 6.33 Å². The highest BCUT2D eigenvalue weighted by molar-refractivity contribution is 8.54. The molecule has 2 aromatic heterocycles. The van der Waals surface area contributed by atoms with Gasteiger partial charge in [-0.25, -0.2) is 9.65 Å². The number of fused-ring (bicyclic) bond motifs is 2. The molecule has 36 heavy (non-hydrogen) atoms. The molecule has 6 atom stereocenters. The van der Waals surface area contributed by atoms with Crippen molar-refractivity contribution in [3.8, 4) is 0 Å². The number of anilines is 1. The largest absolute Gasteiger partial charge is 0.355 e. The Bertz CT molecular complexity index is 1170. The maximum Gasteiger partial charge on any atom is 0.280 e. The highest BCUT2D eigenvalue weighted by Gasteiger charge is 2.52. The molecule has 1 saturated carbocycles. The Balaban J connectivity index is 1.38. The van der Waals surface area contributed by atoms with E-state index >= 15 is 0 Å². The molecule has 4 heterocycles. The smallest absolute Gasteiger partial charge is 0.280 e. The number of ether oxygens (including phenoxy) is 1. The minimum atomic E-state index is -0.798. The van der Waals surface area contributed by atoms with Gasteiger partial charge in [0.1, 0.15) is 6.23 Å². The molecule has 0 unspecified atom stereocenters. The first-order valence-corrected chi connectivity index (χ1v) is 15.7. The van der Waals surface area contributed by atoms with E-state index in [2.05, 4.69) is 61.2 Å². The Morgan fingerprint density at radius 2 is 2.25 bits per heavy atom. The van der Waals surface area contributed by atoms with E-state index in [4.69, 9.17) is 14.2 Å². The summed E-state index contributed by atoms with van der Waals surface area (Å²) in [6, 6.07) is 0. The number of imidazole rings is 1. The molecule has 0 radical (unpaired) electrons. The van der Waals surface area contributed by atoms with Crippen molar-refractivity contribution in [1.82, 2.24) is 24.2 Å². The van der Waals surface area contributed by atoms with Crippen LogP contribution in [0.1, 0.15) is 66.5 Å². The van der Waals surface area contributed by atoms with Crippen LogP contribution in [0.25, 0.3) is 11.2 Å². The van der Waals surface area contributed by atoms with Gasteiger partial charge in [0.25, 0.3) is 5.56 Å². The van der Waals surface area contributed by atoms with Gasteiger partial charge in [0.2, 0.25) is 5.95 Å². The molecule has 1 aliphatic carbocycles. The lowest BCUT2D eigenvalue weighted by atomic mass is 9.77. The Kier molecular flexibility index (Phi) is 7.54. The topological polar surface area (TPSA) is 97.3 Å². The van der Waals surface area contributed by atoms with Crippen LogP contribution in [0, 0.1) is 11.8 Å². The van der Waals surface area contributed by atoms with E-state index in [1.807, 2.05) is 15.9 Å². The number of allylic oxidation sites excluding steroid dienone is 1. The van der Waals surface area contributed by atoms with Crippen molar-refractivity contribution >= 4 is 36.0 Å². The SMILES string of the molecule is C=C(C)[C@@H]1CC[C@]2(C)S[P@@](N3C[C@@H](CC)O[C@@H](n4cnc5c(=O)[nH]c(NCC(C)C)nc54)C3)O[C@H]2C1. The quantitative estimate of drug-likeness (QED) is 0.365. The number of H-pyrrole nitrogens is 1. The molecule has 3 fully saturated rings. The van der Waals surface area contributed by atoms with Crippen molar-refractivity contribution in [1.29, 1.82) is 0 Å². The van der Waals surface area contributed by atoms with Crippen molar-refractivity contribution in [2.24, 2.45) is 11.8 Å². The van der Waals surface area contributed by atoms with E-state index in [1.165, 1.54) is 12.0 Å². The van der Waals surface area contributed by atoms with E-state index in [-0.39, 0.29) is 28.7 Å². The van der Waals surface area contributed by atoms with Crippen molar-refractivity contribution in [3.63, 3.8) is 0 Å². The maximum atomic E-state index is 12.7. The fourth-order valence-corrected chi connectivity index (χ4v) is 10.4. The van der Waals surface area contributed by atoms with E-state index in [0.29, 0.717) is 35.5 Å². The highest BCUT2D eigenvalue weighted by atomic mass is 32.7. The Morgan fingerprint density at radius 3 is 2.97 bits per heavy atom. The number of aromatic nitrogens is 4. The first kappa shape index (κ1) is 26.2. The third-order valence-electron chi connectivity index (χ3n) is 7.61. The van der Waals surface area contributed by atoms with Gasteiger partial charge in [-0.1, -0.05) is 44.3 Å². The van der Waals surface area contributed by atoms with Crippen molar-refractivity contribution < 1.29 is 9.26 Å². The summed E-state index contributed by atoms with van der Waals surface area (Å²) in [7, 11) is -0.798. The lowest BCUT2D eigenvalue weighted by Crippen LogP contribution is -2.42. The van der Waals surface area contributed by atoms with Crippen LogP contribution < -0.4 is 10.9 Å². The highest BCUT2D eigenvalue weighted by Crippen LogP contribution is 2.71. The average molecular weight is 535 g/mol. The summed E-state index contributed by atoms with van der Waals surface area (Å²) in [5.41, 5.74) is 1.91. The molecule has 198 valence electrons. The maximum absolute atomic E-state index is 12.7. The molecule has 9 nitrogen and oxygen atoms in total. The summed E-state index contributed by atoms with van der Waals surface area (Å²) < 4.78 is 17.8. The lowest BCUT2D eigenvalue weighted by Gasteiger charge is -2.39. The number of nitrogens with zero attached hydrogens (tertiary/aromatic N) is 4. The van der Waals surface area contributed by atoms with Gasteiger partial charge >= 0.3 is 0 Å². The number of nitrogens with one attached hydrogen (secondary N) is 2. The van der Waals surface area contributed by atoms with E-state index in [0.717, 1.165) is 32.4 Å². The summed E-state index contributed by atoms with van der Waals surface area (Å²) in [4.78, 5) is 24.6. The van der Waals surface area contributed by atoms with Gasteiger partial charge < -0.3 is 14.6 Å². The van der Waals surface area contributed by atoms with Crippen LogP contribution in [-0.2, 0) is 9.26 Å². The second kappa shape index (κ2) is 10.4. The summed E-state index contributed by atoms with van der Waals surface area (Å²) in [5.74, 6) is 1.45. The molecule has 0 aromatic carbocycles. The molecule has 0 bridgehead atoms. The lowest BCUT2D eigenvalue weighted by molar-refractivity contribution is -0.101. The third-order valence-corrected chi connectivity index (χ3v) is 12.5. The van der Waals surface area contributed by atoms with Crippen LogP contribution in [0.3, 0.4) is 0 Å². The minimum Gasteiger partial charge on any atom is -0.355 e. The van der Waals surface area contributed by atoms with Gasteiger partial charge in [-0.05, 0) is 51.4 Å². The molecule has 2 saturated heterocycles. The summed E-state index contributed by atoms with van der Waals surface area (Å²) >= 11 is 2.02. The average Bonchev–Trinajstić information content (AvgIpc) is 3.43. The van der Waals surface area contributed by atoms with Crippen LogP contribution in [0.4, 0.5) is 5.95 Å². The predicted octanol–water partition coefficient (Wildman–Crippen LogP) is 5.29. The Morgan fingerprint density at radius 1 is 1.44 bits per heavy atom. The summed E-state index contributed by atoms with van der Waals surface area (Å²) in [5, 5.41) is 3.23. The van der Waals surface area contributed by atoms with E-state index < -0.39 is 7.50 Å². The van der Waals surface area contributed by atoms with Crippen LogP contribution in [0.15, 0.2) is 23.3 Å². The summed E-state index contributed by atoms with van der Waals surface area (Å²) in [6.07, 6.45) is 6.06. The van der Waals surface area contributed by atoms with Gasteiger partial charge in [0, 0.05) is 17.8 Å². The molecular weight excluding hydrogens is 495 g/mol. The fraction of sp³-hybridized carbons (Fsp3) is 0.720. The first-order chi connectivity index (χ1) is 17.2. The zero-order valence-corrected chi connectivity index (χ0v) is 23.7. The molecule has 5 rings (SSSR count). The minimum absolute atomic E-state index is 0.0760. The molecule has 0 amide bonds. The molecule has 11 heteroatoms. The van der Waals surface area contributed by atoms with Gasteiger partial charge in [0.05, 0.1) is 25.1 Å². The molecule has 2 N–H and O–H groups in total. The van der Waals surface area contributed by atoms with Crippen LogP contribution in [0.5, 0.6) is 0 Å². The molecular formula is C25H39N6O3PS. The van der Waals surface area contributed by atoms with Crippen molar-refractivity contribution in [3.05, 3.63) is 28.8 Å². The van der Waals surface area contributed by atoms with E-state index in [9.17, 15) is 4.79 Å². The van der Waals surface area contributed by atoms with Gasteiger partial charge in [-0.2, -0.15) is 4.98 Å². The van der Waals surface area contributed by atoms with Crippen LogP contribution in [-0.4, -0.2) is 60.8 Å². The third kappa shape index (κ3) is 5.12. The number of morpholine rings is 1. The van der Waals surface area contributed by atoms with Crippen molar-refractivity contribution in [2.45, 2.75) is 83.5 Å². The fourth-order valence-electron chi connectivity index (χ4n) is 5.22. The number of hydrogen-bond donors (Lipinski definition) is 2. The molecule has 0 spiro atoms. The van der Waals surface area contributed by atoms with Gasteiger partial charge in [0.15, 0.2) is 18.7 Å². The Labute approximate surface area is 218 Å². The zero-order chi connectivity index (χ0) is 25.6. The number of rotatable bonds is 7. The van der Waals surface area contributed by atoms with Crippen molar-refractivity contribution in [2.75, 3.05) is 25.0 Å². The predicted molar refractivity (Wildman–Crippen MR) is 147 cm³/mol. The number of hydrogen-bond acceptors (Lipinski definition) is 8.